The third-order valence-corrected chi connectivity index (χ3v) is 16.1. The Morgan fingerprint density at radius 3 is 1.05 bits per heavy atom. The maximum Gasteiger partial charge on any atom is 0.306 e. The molecule has 0 aromatic rings. The predicted octanol–water partition coefficient (Wildman–Crippen LogP) is 12.8. The van der Waals surface area contributed by atoms with Gasteiger partial charge in [-0.1, -0.05) is 277 Å². The van der Waals surface area contributed by atoms with Crippen molar-refractivity contribution in [2.75, 3.05) is 33.0 Å². The highest BCUT2D eigenvalue weighted by Gasteiger charge is 2.47. The van der Waals surface area contributed by atoms with E-state index in [0.717, 1.165) is 44.9 Å². The van der Waals surface area contributed by atoms with E-state index in [2.05, 4.69) is 13.8 Å². The van der Waals surface area contributed by atoms with E-state index in [4.69, 9.17) is 28.4 Å². The molecule has 0 aromatic heterocycles. The molecule has 2 aliphatic rings. The normalized spacial score (nSPS) is 24.2. The van der Waals surface area contributed by atoms with Crippen molar-refractivity contribution in [2.24, 2.45) is 0 Å². The molecule has 7 N–H and O–H groups in total. The summed E-state index contributed by atoms with van der Waals surface area (Å²) in [6.45, 7) is 3.79. The lowest BCUT2D eigenvalue weighted by atomic mass is 9.98. The molecule has 11 unspecified atom stereocenters. The number of aliphatic hydroxyl groups excluding tert-OH is 7. The van der Waals surface area contributed by atoms with Crippen molar-refractivity contribution in [1.82, 2.24) is 0 Å². The van der Waals surface area contributed by atoms with Crippen LogP contribution in [0, 0.1) is 0 Å². The third kappa shape index (κ3) is 36.9. The molecule has 0 amide bonds. The zero-order valence-electron chi connectivity index (χ0n) is 49.5. The minimum atomic E-state index is -1.70. The number of hydrogen-bond acceptors (Lipinski definition) is 14. The predicted molar refractivity (Wildman–Crippen MR) is 308 cm³/mol. The minimum Gasteiger partial charge on any atom is -0.457 e. The van der Waals surface area contributed by atoms with Crippen LogP contribution >= 0.6 is 0 Å². The molecule has 2 saturated heterocycles. The van der Waals surface area contributed by atoms with Crippen molar-refractivity contribution in [3.8, 4) is 0 Å². The van der Waals surface area contributed by atoms with Gasteiger partial charge in [-0.05, 0) is 12.8 Å². The van der Waals surface area contributed by atoms with Crippen LogP contribution in [0.2, 0.25) is 0 Å². The quantitative estimate of drug-likeness (QED) is 0.0223. The fraction of sp³-hybridized carbons (Fsp3) is 0.984. The first-order valence-corrected chi connectivity index (χ1v) is 32.6. The highest BCUT2D eigenvalue weighted by Crippen LogP contribution is 2.27. The van der Waals surface area contributed by atoms with Gasteiger partial charge in [0.1, 0.15) is 54.9 Å². The molecule has 14 heteroatoms. The van der Waals surface area contributed by atoms with E-state index in [0.29, 0.717) is 6.61 Å². The van der Waals surface area contributed by atoms with Gasteiger partial charge in [0, 0.05) is 13.0 Å². The molecule has 77 heavy (non-hydrogen) atoms. The molecule has 0 bridgehead atoms. The first-order chi connectivity index (χ1) is 37.6. The lowest BCUT2D eigenvalue weighted by Gasteiger charge is -2.42. The van der Waals surface area contributed by atoms with E-state index in [1.165, 1.54) is 231 Å². The Kier molecular flexibility index (Phi) is 47.5. The fourth-order valence-corrected chi connectivity index (χ4v) is 10.9. The molecule has 11 atom stereocenters. The van der Waals surface area contributed by atoms with Crippen molar-refractivity contribution in [3.63, 3.8) is 0 Å². The van der Waals surface area contributed by atoms with Crippen molar-refractivity contribution in [2.45, 2.75) is 364 Å². The second kappa shape index (κ2) is 50.7. The van der Waals surface area contributed by atoms with Crippen molar-refractivity contribution in [1.29, 1.82) is 0 Å². The Morgan fingerprint density at radius 1 is 0.377 bits per heavy atom. The van der Waals surface area contributed by atoms with Crippen LogP contribution in [0.3, 0.4) is 0 Å². The lowest BCUT2D eigenvalue weighted by Crippen LogP contribution is -2.61. The SMILES string of the molecule is CCCCCCCCCCCCCCCCCCCCCCCCOCC(COC1OC(COC2OC(CO)C(O)C(O)C2O)C(O)C(O)C1O)OC(=O)CCCCCCCCCCCCCCCCCCCCCCC. The molecule has 2 fully saturated rings. The Labute approximate surface area is 470 Å². The zero-order valence-corrected chi connectivity index (χ0v) is 49.5. The number of carbonyl (C=O) groups is 1. The summed E-state index contributed by atoms with van der Waals surface area (Å²) >= 11 is 0. The standard InChI is InChI=1S/C63H122O14/c1-3-5-7-9-11-13-15-17-19-21-23-25-27-29-31-33-35-37-39-41-43-45-47-72-49-52(50-73-62-61(71)59(69)57(67)54(77-62)51-74-63-60(70)58(68)56(66)53(48-64)76-63)75-55(65)46-44-42-40-38-36-34-32-30-28-26-24-22-20-18-16-14-12-10-8-6-4-2/h52-54,56-64,66-71H,3-51H2,1-2H3. The summed E-state index contributed by atoms with van der Waals surface area (Å²) in [7, 11) is 0. The van der Waals surface area contributed by atoms with Gasteiger partial charge in [-0.2, -0.15) is 0 Å². The fourth-order valence-electron chi connectivity index (χ4n) is 10.9. The van der Waals surface area contributed by atoms with Gasteiger partial charge in [0.05, 0.1) is 26.4 Å². The van der Waals surface area contributed by atoms with E-state index in [1.807, 2.05) is 0 Å². The van der Waals surface area contributed by atoms with Gasteiger partial charge in [0.25, 0.3) is 0 Å². The number of rotatable bonds is 55. The number of carbonyl (C=O) groups excluding carboxylic acids is 1. The Hall–Kier alpha value is -1.01. The molecule has 0 aromatic carbocycles. The molecule has 14 nitrogen and oxygen atoms in total. The Bertz CT molecular complexity index is 1280. The summed E-state index contributed by atoms with van der Waals surface area (Å²) in [4.78, 5) is 13.1. The molecule has 458 valence electrons. The van der Waals surface area contributed by atoms with Crippen LogP contribution in [0.25, 0.3) is 0 Å². The maximum absolute atomic E-state index is 13.1. The second-order valence-electron chi connectivity index (χ2n) is 23.3. The number of ether oxygens (including phenoxy) is 6. The second-order valence-corrected chi connectivity index (χ2v) is 23.3. The van der Waals surface area contributed by atoms with Gasteiger partial charge in [-0.3, -0.25) is 4.79 Å². The molecular weight excluding hydrogens is 981 g/mol. The maximum atomic E-state index is 13.1. The van der Waals surface area contributed by atoms with E-state index in [1.54, 1.807) is 0 Å². The van der Waals surface area contributed by atoms with Crippen LogP contribution in [0.5, 0.6) is 0 Å². The molecule has 0 saturated carbocycles. The van der Waals surface area contributed by atoms with Gasteiger partial charge >= 0.3 is 5.97 Å². The first-order valence-electron chi connectivity index (χ1n) is 32.6. The molecule has 0 radical (unpaired) electrons. The van der Waals surface area contributed by atoms with Crippen molar-refractivity contribution in [3.05, 3.63) is 0 Å². The topological polar surface area (TPSA) is 214 Å². The number of hydrogen-bond donors (Lipinski definition) is 7. The van der Waals surface area contributed by atoms with Gasteiger partial charge in [0.15, 0.2) is 12.6 Å². The van der Waals surface area contributed by atoms with Gasteiger partial charge < -0.3 is 64.2 Å². The molecule has 2 rings (SSSR count). The van der Waals surface area contributed by atoms with E-state index in [-0.39, 0.29) is 25.6 Å². The number of esters is 1. The van der Waals surface area contributed by atoms with Gasteiger partial charge in [0.2, 0.25) is 0 Å². The van der Waals surface area contributed by atoms with Crippen LogP contribution in [-0.4, -0.2) is 142 Å². The average molecular weight is 1100 g/mol. The van der Waals surface area contributed by atoms with Crippen LogP contribution < -0.4 is 0 Å². The minimum absolute atomic E-state index is 0.0714. The largest absolute Gasteiger partial charge is 0.457 e. The molecule has 2 heterocycles. The Balaban J connectivity index is 1.66. The smallest absolute Gasteiger partial charge is 0.306 e. The van der Waals surface area contributed by atoms with E-state index in [9.17, 15) is 40.5 Å². The molecule has 0 spiro atoms. The summed E-state index contributed by atoms with van der Waals surface area (Å²) in [5.41, 5.74) is 0. The highest BCUT2D eigenvalue weighted by atomic mass is 16.7. The van der Waals surface area contributed by atoms with E-state index < -0.39 is 80.7 Å². The van der Waals surface area contributed by atoms with E-state index >= 15 is 0 Å². The third-order valence-electron chi connectivity index (χ3n) is 16.1. The van der Waals surface area contributed by atoms with Crippen molar-refractivity contribution >= 4 is 5.97 Å². The summed E-state index contributed by atoms with van der Waals surface area (Å²) in [6, 6.07) is 0. The summed E-state index contributed by atoms with van der Waals surface area (Å²) in [5.74, 6) is -0.365. The van der Waals surface area contributed by atoms with Crippen LogP contribution in [-0.2, 0) is 33.2 Å². The first kappa shape index (κ1) is 72.1. The van der Waals surface area contributed by atoms with Crippen LogP contribution in [0.15, 0.2) is 0 Å². The summed E-state index contributed by atoms with van der Waals surface area (Å²) in [6.07, 6.45) is 40.3. The monoisotopic (exact) mass is 1100 g/mol. The molecule has 2 aliphatic heterocycles. The Morgan fingerprint density at radius 2 is 0.688 bits per heavy atom. The van der Waals surface area contributed by atoms with Crippen LogP contribution in [0.4, 0.5) is 0 Å². The number of unbranched alkanes of at least 4 members (excludes halogenated alkanes) is 41. The molecular formula is C63H122O14. The summed E-state index contributed by atoms with van der Waals surface area (Å²) in [5, 5.41) is 72.5. The zero-order chi connectivity index (χ0) is 55.8. The summed E-state index contributed by atoms with van der Waals surface area (Å²) < 4.78 is 34.5. The van der Waals surface area contributed by atoms with Crippen molar-refractivity contribution < 1.29 is 69.0 Å². The molecule has 0 aliphatic carbocycles. The van der Waals surface area contributed by atoms with Crippen LogP contribution in [0.1, 0.15) is 296 Å². The highest BCUT2D eigenvalue weighted by molar-refractivity contribution is 5.69. The number of aliphatic hydroxyl groups is 7. The van der Waals surface area contributed by atoms with Gasteiger partial charge in [-0.25, -0.2) is 0 Å². The average Bonchev–Trinajstić information content (AvgIpc) is 3.43. The van der Waals surface area contributed by atoms with Gasteiger partial charge in [-0.15, -0.1) is 0 Å². The lowest BCUT2D eigenvalue weighted by molar-refractivity contribution is -0.332.